The molecule has 1 amide bonds. The van der Waals surface area contributed by atoms with Gasteiger partial charge in [0.1, 0.15) is 0 Å². The number of rotatable bonds is 3. The maximum atomic E-state index is 12.5. The van der Waals surface area contributed by atoms with Crippen LogP contribution in [-0.4, -0.2) is 35.3 Å². The van der Waals surface area contributed by atoms with Gasteiger partial charge in [0.05, 0.1) is 5.92 Å². The van der Waals surface area contributed by atoms with Crippen molar-refractivity contribution < 1.29 is 4.79 Å². The maximum absolute atomic E-state index is 12.5. The number of thioether (sulfide) groups is 1. The van der Waals surface area contributed by atoms with Gasteiger partial charge in [-0.15, -0.1) is 0 Å². The summed E-state index contributed by atoms with van der Waals surface area (Å²) in [6.07, 6.45) is 1.59. The zero-order valence-corrected chi connectivity index (χ0v) is 14.8. The molecule has 1 unspecified atom stereocenters. The number of fused-ring (bicyclic) bond motifs is 1. The first-order valence-corrected chi connectivity index (χ1v) is 8.72. The second-order valence-electron chi connectivity index (χ2n) is 6.08. The first-order chi connectivity index (χ1) is 11.5. The fraction of sp³-hybridized carbons (Fsp3) is 0.353. The first-order valence-electron chi connectivity index (χ1n) is 7.73. The minimum Gasteiger partial charge on any atom is -0.378 e. The zero-order valence-electron chi connectivity index (χ0n) is 13.9. The predicted octanol–water partition coefficient (Wildman–Crippen LogP) is 1.98. The van der Waals surface area contributed by atoms with Crippen LogP contribution in [0.15, 0.2) is 40.4 Å². The summed E-state index contributed by atoms with van der Waals surface area (Å²) in [5.74, 6) is 0.299. The molecule has 2 aromatic rings. The molecule has 0 aliphatic carbocycles. The molecule has 1 atom stereocenters. The Morgan fingerprint density at radius 3 is 2.71 bits per heavy atom. The highest BCUT2D eigenvalue weighted by molar-refractivity contribution is 7.99. The highest BCUT2D eigenvalue weighted by Crippen LogP contribution is 2.26. The summed E-state index contributed by atoms with van der Waals surface area (Å²) in [5.41, 5.74) is 2.36. The zero-order chi connectivity index (χ0) is 17.3. The summed E-state index contributed by atoms with van der Waals surface area (Å²) in [6, 6.07) is 7.68. The lowest BCUT2D eigenvalue weighted by Crippen LogP contribution is -2.37. The minimum absolute atomic E-state index is 0.0691. The minimum atomic E-state index is -0.252. The fourth-order valence-electron chi connectivity index (χ4n) is 2.55. The summed E-state index contributed by atoms with van der Waals surface area (Å²) >= 11 is 1.45. The normalized spacial score (nSPS) is 16.4. The van der Waals surface area contributed by atoms with Gasteiger partial charge in [0.2, 0.25) is 5.91 Å². The largest absolute Gasteiger partial charge is 0.378 e. The third-order valence-corrected chi connectivity index (χ3v) is 5.17. The molecular weight excluding hydrogens is 324 g/mol. The molecule has 1 N–H and O–H groups in total. The SMILES string of the molecule is Cc1cnc2n(c1=O)CC(C(=O)Nc1ccc(N(C)C)cc1)CS2. The van der Waals surface area contributed by atoms with Gasteiger partial charge in [0, 0.05) is 49.5 Å². The average Bonchev–Trinajstić information content (AvgIpc) is 2.58. The van der Waals surface area contributed by atoms with Crippen LogP contribution in [0.2, 0.25) is 0 Å². The number of benzene rings is 1. The molecule has 1 aliphatic rings. The van der Waals surface area contributed by atoms with E-state index in [-0.39, 0.29) is 17.4 Å². The summed E-state index contributed by atoms with van der Waals surface area (Å²) < 4.78 is 1.60. The molecule has 0 saturated heterocycles. The molecule has 6 nitrogen and oxygen atoms in total. The number of anilines is 2. The molecule has 2 heterocycles. The van der Waals surface area contributed by atoms with Gasteiger partial charge in [-0.1, -0.05) is 11.8 Å². The van der Waals surface area contributed by atoms with Crippen LogP contribution in [0.4, 0.5) is 11.4 Å². The Kier molecular flexibility index (Phi) is 4.62. The van der Waals surface area contributed by atoms with Crippen LogP contribution >= 0.6 is 11.8 Å². The van der Waals surface area contributed by atoms with Gasteiger partial charge < -0.3 is 10.2 Å². The van der Waals surface area contributed by atoms with E-state index in [1.54, 1.807) is 17.7 Å². The summed E-state index contributed by atoms with van der Waals surface area (Å²) in [6.45, 7) is 2.11. The Balaban J connectivity index is 1.72. The van der Waals surface area contributed by atoms with E-state index in [9.17, 15) is 9.59 Å². The van der Waals surface area contributed by atoms with Crippen LogP contribution in [0.1, 0.15) is 5.56 Å². The lowest BCUT2D eigenvalue weighted by atomic mass is 10.1. The second-order valence-corrected chi connectivity index (χ2v) is 7.07. The smallest absolute Gasteiger partial charge is 0.257 e. The van der Waals surface area contributed by atoms with Crippen LogP contribution in [0.5, 0.6) is 0 Å². The van der Waals surface area contributed by atoms with Crippen LogP contribution in [0.25, 0.3) is 0 Å². The second kappa shape index (κ2) is 6.68. The lowest BCUT2D eigenvalue weighted by Gasteiger charge is -2.24. The molecule has 24 heavy (non-hydrogen) atoms. The molecule has 126 valence electrons. The number of nitrogens with zero attached hydrogens (tertiary/aromatic N) is 3. The number of carbonyl (C=O) groups is 1. The van der Waals surface area contributed by atoms with Crippen LogP contribution in [0.3, 0.4) is 0 Å². The standard InChI is InChI=1S/C17H20N4O2S/c1-11-8-18-17-21(16(11)23)9-12(10-24-17)15(22)19-13-4-6-14(7-5-13)20(2)3/h4-8,12H,9-10H2,1-3H3,(H,19,22). The Morgan fingerprint density at radius 1 is 1.33 bits per heavy atom. The van der Waals surface area contributed by atoms with E-state index >= 15 is 0 Å². The van der Waals surface area contributed by atoms with Gasteiger partial charge in [-0.05, 0) is 31.2 Å². The number of nitrogens with one attached hydrogen (secondary N) is 1. The monoisotopic (exact) mass is 344 g/mol. The lowest BCUT2D eigenvalue weighted by molar-refractivity contribution is -0.119. The fourth-order valence-corrected chi connectivity index (χ4v) is 3.59. The highest BCUT2D eigenvalue weighted by Gasteiger charge is 2.27. The summed E-state index contributed by atoms with van der Waals surface area (Å²) in [7, 11) is 3.94. The number of carbonyl (C=O) groups excluding carboxylic acids is 1. The van der Waals surface area contributed by atoms with Gasteiger partial charge in [0.25, 0.3) is 5.56 Å². The van der Waals surface area contributed by atoms with Gasteiger partial charge in [0.15, 0.2) is 5.16 Å². The molecule has 0 bridgehead atoms. The number of aryl methyl sites for hydroxylation is 1. The predicted molar refractivity (Wildman–Crippen MR) is 96.8 cm³/mol. The Labute approximate surface area is 144 Å². The Morgan fingerprint density at radius 2 is 2.04 bits per heavy atom. The van der Waals surface area contributed by atoms with Crippen molar-refractivity contribution in [1.29, 1.82) is 0 Å². The molecule has 1 aromatic carbocycles. The van der Waals surface area contributed by atoms with Crippen molar-refractivity contribution in [2.75, 3.05) is 30.1 Å². The van der Waals surface area contributed by atoms with E-state index in [1.165, 1.54) is 11.8 Å². The Hall–Kier alpha value is -2.28. The Bertz CT molecular complexity index is 814. The van der Waals surface area contributed by atoms with Gasteiger partial charge in [-0.2, -0.15) is 0 Å². The summed E-state index contributed by atoms with van der Waals surface area (Å²) in [4.78, 5) is 31.0. The van der Waals surface area contributed by atoms with Crippen molar-refractivity contribution >= 4 is 29.0 Å². The topological polar surface area (TPSA) is 67.2 Å². The third kappa shape index (κ3) is 3.31. The summed E-state index contributed by atoms with van der Waals surface area (Å²) in [5, 5.41) is 3.62. The van der Waals surface area contributed by atoms with Crippen LogP contribution < -0.4 is 15.8 Å². The van der Waals surface area contributed by atoms with E-state index in [2.05, 4.69) is 10.3 Å². The maximum Gasteiger partial charge on any atom is 0.257 e. The van der Waals surface area contributed by atoms with E-state index < -0.39 is 0 Å². The number of hydrogen-bond donors (Lipinski definition) is 1. The number of amides is 1. The molecule has 1 aliphatic heterocycles. The third-order valence-electron chi connectivity index (χ3n) is 4.02. The molecule has 7 heteroatoms. The van der Waals surface area contributed by atoms with Crippen LogP contribution in [-0.2, 0) is 11.3 Å². The van der Waals surface area contributed by atoms with Crippen molar-refractivity contribution in [3.63, 3.8) is 0 Å². The molecule has 0 saturated carbocycles. The van der Waals surface area contributed by atoms with Gasteiger partial charge in [-0.3, -0.25) is 14.2 Å². The molecular formula is C17H20N4O2S. The first kappa shape index (κ1) is 16.6. The van der Waals surface area contributed by atoms with Crippen molar-refractivity contribution in [2.24, 2.45) is 5.92 Å². The number of aromatic nitrogens is 2. The molecule has 0 fully saturated rings. The molecule has 0 radical (unpaired) electrons. The molecule has 1 aromatic heterocycles. The van der Waals surface area contributed by atoms with E-state index in [0.29, 0.717) is 23.0 Å². The van der Waals surface area contributed by atoms with Crippen molar-refractivity contribution in [3.05, 3.63) is 46.4 Å². The number of hydrogen-bond acceptors (Lipinski definition) is 5. The molecule has 0 spiro atoms. The molecule has 3 rings (SSSR count). The van der Waals surface area contributed by atoms with Gasteiger partial charge >= 0.3 is 0 Å². The van der Waals surface area contributed by atoms with Gasteiger partial charge in [-0.25, -0.2) is 4.98 Å². The average molecular weight is 344 g/mol. The van der Waals surface area contributed by atoms with E-state index in [4.69, 9.17) is 0 Å². The highest BCUT2D eigenvalue weighted by atomic mass is 32.2. The van der Waals surface area contributed by atoms with E-state index in [1.807, 2.05) is 43.3 Å². The quantitative estimate of drug-likeness (QED) is 0.863. The van der Waals surface area contributed by atoms with Crippen molar-refractivity contribution in [1.82, 2.24) is 9.55 Å². The van der Waals surface area contributed by atoms with Crippen molar-refractivity contribution in [2.45, 2.75) is 18.6 Å². The van der Waals surface area contributed by atoms with Crippen LogP contribution in [0, 0.1) is 12.8 Å². The van der Waals surface area contributed by atoms with Crippen molar-refractivity contribution in [3.8, 4) is 0 Å². The van der Waals surface area contributed by atoms with E-state index in [0.717, 1.165) is 11.4 Å².